The molecule has 0 fully saturated rings. The number of hydrogen-bond acceptors (Lipinski definition) is 5. The van der Waals surface area contributed by atoms with Crippen LogP contribution in [0.15, 0.2) is 88.2 Å². The van der Waals surface area contributed by atoms with Crippen molar-refractivity contribution in [2.45, 2.75) is 19.5 Å². The van der Waals surface area contributed by atoms with Gasteiger partial charge in [0.1, 0.15) is 6.54 Å². The average molecular weight is 424 g/mol. The molecule has 1 amide bonds. The van der Waals surface area contributed by atoms with Gasteiger partial charge in [0.2, 0.25) is 11.8 Å². The summed E-state index contributed by atoms with van der Waals surface area (Å²) in [5.74, 6) is 0.510. The van der Waals surface area contributed by atoms with Crippen molar-refractivity contribution in [1.29, 1.82) is 0 Å². The third-order valence-electron chi connectivity index (χ3n) is 5.33. The summed E-state index contributed by atoms with van der Waals surface area (Å²) in [6.07, 6.45) is 0.0298. The van der Waals surface area contributed by atoms with Crippen LogP contribution in [0.2, 0.25) is 0 Å². The SMILES string of the molecule is O=C(Cc1noc(Cn2c3ccccc3c(=O)c3ccccc32)n1)NCc1ccccc1. The van der Waals surface area contributed by atoms with E-state index in [9.17, 15) is 9.59 Å². The van der Waals surface area contributed by atoms with E-state index in [1.807, 2.05) is 83.4 Å². The molecule has 0 saturated carbocycles. The summed E-state index contributed by atoms with van der Waals surface area (Å²) >= 11 is 0. The summed E-state index contributed by atoms with van der Waals surface area (Å²) in [5.41, 5.74) is 2.59. The summed E-state index contributed by atoms with van der Waals surface area (Å²) in [7, 11) is 0. The summed E-state index contributed by atoms with van der Waals surface area (Å²) in [6.45, 7) is 0.736. The normalized spacial score (nSPS) is 11.1. The Bertz CT molecular complexity index is 1410. The molecule has 2 heterocycles. The van der Waals surface area contributed by atoms with Crippen molar-refractivity contribution in [1.82, 2.24) is 20.0 Å². The van der Waals surface area contributed by atoms with Crippen LogP contribution in [0.3, 0.4) is 0 Å². The van der Waals surface area contributed by atoms with Crippen molar-refractivity contribution in [2.75, 3.05) is 0 Å². The number of carbonyl (C=O) groups excluding carboxylic acids is 1. The molecule has 0 bridgehead atoms. The third-order valence-corrected chi connectivity index (χ3v) is 5.33. The fourth-order valence-electron chi connectivity index (χ4n) is 3.81. The van der Waals surface area contributed by atoms with E-state index in [0.29, 0.717) is 35.6 Å². The van der Waals surface area contributed by atoms with Crippen LogP contribution in [0.4, 0.5) is 0 Å². The molecule has 0 spiro atoms. The minimum absolute atomic E-state index is 0.00578. The molecular formula is C25H20N4O3. The maximum absolute atomic E-state index is 12.9. The molecule has 5 aromatic rings. The topological polar surface area (TPSA) is 90.0 Å². The molecule has 0 unspecified atom stereocenters. The Kier molecular flexibility index (Phi) is 5.21. The summed E-state index contributed by atoms with van der Waals surface area (Å²) < 4.78 is 7.41. The van der Waals surface area contributed by atoms with Crippen molar-refractivity contribution in [3.63, 3.8) is 0 Å². The first-order chi connectivity index (χ1) is 15.7. The number of para-hydroxylation sites is 2. The molecule has 0 saturated heterocycles. The third kappa shape index (κ3) is 3.88. The quantitative estimate of drug-likeness (QED) is 0.422. The smallest absolute Gasteiger partial charge is 0.246 e. The lowest BCUT2D eigenvalue weighted by Crippen LogP contribution is -2.25. The lowest BCUT2D eigenvalue weighted by atomic mass is 10.1. The van der Waals surface area contributed by atoms with Gasteiger partial charge >= 0.3 is 0 Å². The first-order valence-corrected chi connectivity index (χ1v) is 10.3. The van der Waals surface area contributed by atoms with Gasteiger partial charge in [-0.1, -0.05) is 59.8 Å². The fourth-order valence-corrected chi connectivity index (χ4v) is 3.81. The minimum Gasteiger partial charge on any atom is -0.352 e. The summed E-state index contributed by atoms with van der Waals surface area (Å²) in [4.78, 5) is 29.5. The molecule has 0 atom stereocenters. The van der Waals surface area contributed by atoms with Crippen LogP contribution in [-0.4, -0.2) is 20.6 Å². The van der Waals surface area contributed by atoms with Gasteiger partial charge in [0.05, 0.1) is 17.5 Å². The Balaban J connectivity index is 1.38. The average Bonchev–Trinajstić information content (AvgIpc) is 3.28. The monoisotopic (exact) mass is 424 g/mol. The minimum atomic E-state index is -0.180. The van der Waals surface area contributed by atoms with Gasteiger partial charge in [-0.05, 0) is 29.8 Å². The Morgan fingerprint density at radius 1 is 0.875 bits per heavy atom. The number of nitrogens with one attached hydrogen (secondary N) is 1. The maximum atomic E-state index is 12.9. The highest BCUT2D eigenvalue weighted by Gasteiger charge is 2.15. The number of pyridine rings is 1. The number of benzene rings is 3. The number of rotatable bonds is 6. The van der Waals surface area contributed by atoms with Crippen LogP contribution in [0.5, 0.6) is 0 Å². The molecule has 0 aliphatic rings. The van der Waals surface area contributed by atoms with E-state index in [4.69, 9.17) is 4.52 Å². The fraction of sp³-hybridized carbons (Fsp3) is 0.120. The number of hydrogen-bond donors (Lipinski definition) is 1. The zero-order chi connectivity index (χ0) is 21.9. The van der Waals surface area contributed by atoms with Crippen LogP contribution in [0.25, 0.3) is 21.8 Å². The van der Waals surface area contributed by atoms with E-state index >= 15 is 0 Å². The Morgan fingerprint density at radius 2 is 1.50 bits per heavy atom. The van der Waals surface area contributed by atoms with Crippen molar-refractivity contribution < 1.29 is 9.32 Å². The molecule has 1 N–H and O–H groups in total. The van der Waals surface area contributed by atoms with E-state index in [2.05, 4.69) is 15.5 Å². The number of carbonyl (C=O) groups is 1. The van der Waals surface area contributed by atoms with Crippen LogP contribution < -0.4 is 10.7 Å². The van der Waals surface area contributed by atoms with Crippen LogP contribution in [0, 0.1) is 0 Å². The lowest BCUT2D eigenvalue weighted by molar-refractivity contribution is -0.120. The van der Waals surface area contributed by atoms with Gasteiger partial charge in [-0.2, -0.15) is 4.98 Å². The van der Waals surface area contributed by atoms with Gasteiger partial charge in [-0.3, -0.25) is 9.59 Å². The Labute approximate surface area is 183 Å². The maximum Gasteiger partial charge on any atom is 0.246 e. The molecule has 7 heteroatoms. The molecule has 0 radical (unpaired) electrons. The predicted octanol–water partition coefficient (Wildman–Crippen LogP) is 3.44. The van der Waals surface area contributed by atoms with Crippen molar-refractivity contribution in [3.8, 4) is 0 Å². The molecule has 7 nitrogen and oxygen atoms in total. The molecular weight excluding hydrogens is 404 g/mol. The van der Waals surface area contributed by atoms with Gasteiger partial charge in [0.25, 0.3) is 0 Å². The number of fused-ring (bicyclic) bond motifs is 2. The highest BCUT2D eigenvalue weighted by Crippen LogP contribution is 2.20. The summed E-state index contributed by atoms with van der Waals surface area (Å²) in [6, 6.07) is 24.6. The van der Waals surface area contributed by atoms with E-state index in [1.54, 1.807) is 0 Å². The van der Waals surface area contributed by atoms with Crippen LogP contribution >= 0.6 is 0 Å². The molecule has 3 aromatic carbocycles. The second-order valence-corrected chi connectivity index (χ2v) is 7.49. The second kappa shape index (κ2) is 8.47. The molecule has 0 aliphatic heterocycles. The zero-order valence-corrected chi connectivity index (χ0v) is 17.2. The first-order valence-electron chi connectivity index (χ1n) is 10.3. The largest absolute Gasteiger partial charge is 0.352 e. The van der Waals surface area contributed by atoms with Crippen molar-refractivity contribution in [3.05, 3.63) is 106 Å². The Morgan fingerprint density at radius 3 is 2.19 bits per heavy atom. The Hall–Kier alpha value is -4.26. The van der Waals surface area contributed by atoms with Gasteiger partial charge < -0.3 is 14.4 Å². The lowest BCUT2D eigenvalue weighted by Gasteiger charge is -2.13. The number of aromatic nitrogens is 3. The first kappa shape index (κ1) is 19.7. The van der Waals surface area contributed by atoms with Crippen molar-refractivity contribution in [2.24, 2.45) is 0 Å². The molecule has 5 rings (SSSR count). The van der Waals surface area contributed by atoms with Crippen molar-refractivity contribution >= 4 is 27.7 Å². The molecule has 158 valence electrons. The van der Waals surface area contributed by atoms with Crippen LogP contribution in [0.1, 0.15) is 17.3 Å². The zero-order valence-electron chi connectivity index (χ0n) is 17.2. The van der Waals surface area contributed by atoms with E-state index in [1.165, 1.54) is 0 Å². The molecule has 2 aromatic heterocycles. The van der Waals surface area contributed by atoms with Gasteiger partial charge in [0.15, 0.2) is 11.3 Å². The standard InChI is InChI=1S/C25H20N4O3/c30-23(26-15-17-8-2-1-3-9-17)14-22-27-24(32-28-22)16-29-20-12-6-4-10-18(20)25(31)19-11-5-7-13-21(19)29/h1-13H,14-16H2,(H,26,30). The summed E-state index contributed by atoms with van der Waals surface area (Å²) in [5, 5.41) is 8.08. The second-order valence-electron chi connectivity index (χ2n) is 7.49. The van der Waals surface area contributed by atoms with Gasteiger partial charge in [-0.25, -0.2) is 0 Å². The number of nitrogens with zero attached hydrogens (tertiary/aromatic N) is 3. The van der Waals surface area contributed by atoms with E-state index in [0.717, 1.165) is 16.6 Å². The molecule has 32 heavy (non-hydrogen) atoms. The van der Waals surface area contributed by atoms with E-state index < -0.39 is 0 Å². The highest BCUT2D eigenvalue weighted by molar-refractivity contribution is 5.93. The van der Waals surface area contributed by atoms with Gasteiger partial charge in [0, 0.05) is 17.3 Å². The highest BCUT2D eigenvalue weighted by atomic mass is 16.5. The number of amides is 1. The van der Waals surface area contributed by atoms with E-state index in [-0.39, 0.29) is 17.8 Å². The molecule has 0 aliphatic carbocycles. The van der Waals surface area contributed by atoms with Gasteiger partial charge in [-0.15, -0.1) is 0 Å². The van der Waals surface area contributed by atoms with Crippen LogP contribution in [-0.2, 0) is 24.3 Å². The predicted molar refractivity (Wildman–Crippen MR) is 121 cm³/mol.